The van der Waals surface area contributed by atoms with Crippen LogP contribution >= 0.6 is 0 Å². The summed E-state index contributed by atoms with van der Waals surface area (Å²) in [6, 6.07) is 11.9. The number of rotatable bonds is 4. The van der Waals surface area contributed by atoms with Crippen molar-refractivity contribution in [1.82, 2.24) is 14.4 Å². The third-order valence-electron chi connectivity index (χ3n) is 4.93. The molecule has 0 bridgehead atoms. The van der Waals surface area contributed by atoms with Crippen molar-refractivity contribution in [1.29, 1.82) is 0 Å². The quantitative estimate of drug-likeness (QED) is 0.726. The fourth-order valence-electron chi connectivity index (χ4n) is 3.44. The predicted molar refractivity (Wildman–Crippen MR) is 97.7 cm³/mol. The van der Waals surface area contributed by atoms with Crippen LogP contribution in [-0.2, 0) is 11.3 Å². The number of piperazine rings is 1. The van der Waals surface area contributed by atoms with Gasteiger partial charge in [0.25, 0.3) is 5.91 Å². The Bertz CT molecular complexity index is 905. The number of carbonyl (C=O) groups excluding carboxylic acids is 2. The summed E-state index contributed by atoms with van der Waals surface area (Å²) in [6.45, 7) is 2.94. The van der Waals surface area contributed by atoms with E-state index in [1.165, 1.54) is 17.9 Å². The zero-order chi connectivity index (χ0) is 17.9. The molecule has 4 rings (SSSR count). The van der Waals surface area contributed by atoms with Crippen LogP contribution in [0.15, 0.2) is 59.5 Å². The number of para-hydroxylation sites is 1. The number of nitrogens with zero attached hydrogens (tertiary/aromatic N) is 3. The molecule has 0 spiro atoms. The van der Waals surface area contributed by atoms with E-state index in [9.17, 15) is 9.59 Å². The summed E-state index contributed by atoms with van der Waals surface area (Å²) in [5.74, 6) is 0.0999. The van der Waals surface area contributed by atoms with Crippen LogP contribution in [-0.4, -0.2) is 52.4 Å². The zero-order valence-corrected chi connectivity index (χ0v) is 14.5. The van der Waals surface area contributed by atoms with E-state index in [2.05, 4.69) is 22.8 Å². The third-order valence-corrected chi connectivity index (χ3v) is 4.93. The highest BCUT2D eigenvalue weighted by atomic mass is 16.3. The summed E-state index contributed by atoms with van der Waals surface area (Å²) in [6.07, 6.45) is 5.45. The molecule has 0 aliphatic carbocycles. The third kappa shape index (κ3) is 3.22. The van der Waals surface area contributed by atoms with Gasteiger partial charge in [-0.25, -0.2) is 0 Å². The number of benzene rings is 1. The minimum Gasteiger partial charge on any atom is -0.472 e. The minimum absolute atomic E-state index is 0.0374. The van der Waals surface area contributed by atoms with Crippen molar-refractivity contribution >= 4 is 22.7 Å². The highest BCUT2D eigenvalue weighted by Crippen LogP contribution is 2.16. The Balaban J connectivity index is 1.30. The van der Waals surface area contributed by atoms with Crippen LogP contribution < -0.4 is 0 Å². The Labute approximate surface area is 151 Å². The molecule has 6 heteroatoms. The standard InChI is InChI=1S/C20H21N3O3/c24-19(6-9-21-8-5-16-3-1-2-4-18(16)21)22-10-12-23(13-11-22)20(25)17-7-14-26-15-17/h1-5,7-8,14-15H,6,9-13H2. The first-order chi connectivity index (χ1) is 12.7. The number of furan rings is 1. The Morgan fingerprint density at radius 1 is 0.962 bits per heavy atom. The molecule has 1 aliphatic heterocycles. The molecular formula is C20H21N3O3. The van der Waals surface area contributed by atoms with E-state index in [1.54, 1.807) is 11.0 Å². The molecule has 2 aromatic heterocycles. The maximum absolute atomic E-state index is 12.5. The normalized spacial score (nSPS) is 14.8. The average Bonchev–Trinajstić information content (AvgIpc) is 3.36. The largest absolute Gasteiger partial charge is 0.472 e. The van der Waals surface area contributed by atoms with Crippen LogP contribution in [0.1, 0.15) is 16.8 Å². The molecule has 0 radical (unpaired) electrons. The van der Waals surface area contributed by atoms with Crippen molar-refractivity contribution < 1.29 is 14.0 Å². The summed E-state index contributed by atoms with van der Waals surface area (Å²) in [7, 11) is 0. The molecule has 2 amide bonds. The molecule has 1 aliphatic rings. The van der Waals surface area contributed by atoms with Gasteiger partial charge < -0.3 is 18.8 Å². The zero-order valence-electron chi connectivity index (χ0n) is 14.5. The van der Waals surface area contributed by atoms with Crippen LogP contribution in [0, 0.1) is 0 Å². The first-order valence-electron chi connectivity index (χ1n) is 8.85. The molecule has 0 N–H and O–H groups in total. The van der Waals surface area contributed by atoms with Gasteiger partial charge in [0.2, 0.25) is 5.91 Å². The van der Waals surface area contributed by atoms with Crippen LogP contribution in [0.5, 0.6) is 0 Å². The Hall–Kier alpha value is -3.02. The molecular weight excluding hydrogens is 330 g/mol. The van der Waals surface area contributed by atoms with E-state index in [0.29, 0.717) is 44.7 Å². The van der Waals surface area contributed by atoms with Crippen molar-refractivity contribution in [2.45, 2.75) is 13.0 Å². The van der Waals surface area contributed by atoms with Gasteiger partial charge in [0, 0.05) is 50.9 Å². The van der Waals surface area contributed by atoms with Crippen LogP contribution in [0.2, 0.25) is 0 Å². The average molecular weight is 351 g/mol. The van der Waals surface area contributed by atoms with Gasteiger partial charge >= 0.3 is 0 Å². The molecule has 3 aromatic rings. The van der Waals surface area contributed by atoms with E-state index in [4.69, 9.17) is 4.42 Å². The van der Waals surface area contributed by atoms with Gasteiger partial charge in [-0.05, 0) is 23.6 Å². The van der Waals surface area contributed by atoms with Crippen molar-refractivity contribution in [3.05, 3.63) is 60.7 Å². The van der Waals surface area contributed by atoms with Gasteiger partial charge in [-0.1, -0.05) is 18.2 Å². The van der Waals surface area contributed by atoms with Gasteiger partial charge in [0.1, 0.15) is 6.26 Å². The van der Waals surface area contributed by atoms with E-state index < -0.39 is 0 Å². The van der Waals surface area contributed by atoms with E-state index in [-0.39, 0.29) is 11.8 Å². The number of aryl methyl sites for hydroxylation is 1. The summed E-state index contributed by atoms with van der Waals surface area (Å²) in [4.78, 5) is 28.5. The second-order valence-corrected chi connectivity index (χ2v) is 6.50. The Morgan fingerprint density at radius 2 is 1.73 bits per heavy atom. The van der Waals surface area contributed by atoms with Crippen molar-refractivity contribution in [2.75, 3.05) is 26.2 Å². The second kappa shape index (κ2) is 7.07. The monoisotopic (exact) mass is 351 g/mol. The van der Waals surface area contributed by atoms with Crippen LogP contribution in [0.4, 0.5) is 0 Å². The number of aromatic nitrogens is 1. The Kier molecular flexibility index (Phi) is 4.48. The predicted octanol–water partition coefficient (Wildman–Crippen LogP) is 2.61. The van der Waals surface area contributed by atoms with Gasteiger partial charge in [-0.3, -0.25) is 9.59 Å². The summed E-state index contributed by atoms with van der Waals surface area (Å²) in [5, 5.41) is 1.19. The number of hydrogen-bond donors (Lipinski definition) is 0. The summed E-state index contributed by atoms with van der Waals surface area (Å²) in [5.41, 5.74) is 1.71. The minimum atomic E-state index is -0.0374. The van der Waals surface area contributed by atoms with Gasteiger partial charge in [-0.15, -0.1) is 0 Å². The number of fused-ring (bicyclic) bond motifs is 1. The lowest BCUT2D eigenvalue weighted by Gasteiger charge is -2.34. The topological polar surface area (TPSA) is 58.7 Å². The fourth-order valence-corrected chi connectivity index (χ4v) is 3.44. The SMILES string of the molecule is O=C(CCn1ccc2ccccc21)N1CCN(C(=O)c2ccoc2)CC1. The van der Waals surface area contributed by atoms with E-state index >= 15 is 0 Å². The van der Waals surface area contributed by atoms with E-state index in [1.807, 2.05) is 23.2 Å². The maximum Gasteiger partial charge on any atom is 0.257 e. The van der Waals surface area contributed by atoms with Crippen molar-refractivity contribution in [3.8, 4) is 0 Å². The lowest BCUT2D eigenvalue weighted by Crippen LogP contribution is -2.50. The smallest absolute Gasteiger partial charge is 0.257 e. The molecule has 1 aromatic carbocycles. The molecule has 0 unspecified atom stereocenters. The summed E-state index contributed by atoms with van der Waals surface area (Å²) >= 11 is 0. The van der Waals surface area contributed by atoms with Crippen molar-refractivity contribution in [3.63, 3.8) is 0 Å². The molecule has 26 heavy (non-hydrogen) atoms. The molecule has 1 saturated heterocycles. The second-order valence-electron chi connectivity index (χ2n) is 6.50. The number of carbonyl (C=O) groups is 2. The molecule has 0 saturated carbocycles. The first-order valence-corrected chi connectivity index (χ1v) is 8.85. The fraction of sp³-hybridized carbons (Fsp3) is 0.300. The van der Waals surface area contributed by atoms with Crippen LogP contribution in [0.25, 0.3) is 10.9 Å². The number of hydrogen-bond acceptors (Lipinski definition) is 3. The molecule has 6 nitrogen and oxygen atoms in total. The molecule has 3 heterocycles. The van der Waals surface area contributed by atoms with E-state index in [0.717, 1.165) is 5.52 Å². The Morgan fingerprint density at radius 3 is 2.50 bits per heavy atom. The molecule has 0 atom stereocenters. The van der Waals surface area contributed by atoms with Gasteiger partial charge in [-0.2, -0.15) is 0 Å². The van der Waals surface area contributed by atoms with Gasteiger partial charge in [0.05, 0.1) is 11.8 Å². The molecule has 1 fully saturated rings. The maximum atomic E-state index is 12.5. The first kappa shape index (κ1) is 16.4. The molecule has 134 valence electrons. The van der Waals surface area contributed by atoms with Crippen LogP contribution in [0.3, 0.4) is 0 Å². The van der Waals surface area contributed by atoms with Gasteiger partial charge in [0.15, 0.2) is 0 Å². The lowest BCUT2D eigenvalue weighted by molar-refractivity contribution is -0.132. The lowest BCUT2D eigenvalue weighted by atomic mass is 10.2. The highest BCUT2D eigenvalue weighted by molar-refractivity contribution is 5.94. The number of amides is 2. The summed E-state index contributed by atoms with van der Waals surface area (Å²) < 4.78 is 7.09. The van der Waals surface area contributed by atoms with Crippen molar-refractivity contribution in [2.24, 2.45) is 0 Å². The highest BCUT2D eigenvalue weighted by Gasteiger charge is 2.25.